The Kier molecular flexibility index (Phi) is 3.69. The first-order valence-electron chi connectivity index (χ1n) is 7.48. The molecule has 1 unspecified atom stereocenters. The predicted molar refractivity (Wildman–Crippen MR) is 69.0 cm³/mol. The molecule has 0 aromatic rings. The van der Waals surface area contributed by atoms with E-state index in [1.807, 2.05) is 0 Å². The van der Waals surface area contributed by atoms with Crippen molar-refractivity contribution >= 4 is 0 Å². The first kappa shape index (κ1) is 11.9. The van der Waals surface area contributed by atoms with E-state index in [1.54, 1.807) is 0 Å². The third kappa shape index (κ3) is 3.01. The fourth-order valence-corrected chi connectivity index (χ4v) is 3.47. The average molecular weight is 238 g/mol. The molecule has 0 spiro atoms. The van der Waals surface area contributed by atoms with E-state index in [0.717, 1.165) is 24.9 Å². The zero-order valence-electron chi connectivity index (χ0n) is 10.8. The van der Waals surface area contributed by atoms with Gasteiger partial charge in [-0.2, -0.15) is 0 Å². The van der Waals surface area contributed by atoms with Crippen molar-refractivity contribution in [3.05, 3.63) is 0 Å². The average Bonchev–Trinajstić information content (AvgIpc) is 3.08. The Hall–Kier alpha value is -0.120. The summed E-state index contributed by atoms with van der Waals surface area (Å²) in [4.78, 5) is 2.67. The van der Waals surface area contributed by atoms with Crippen LogP contribution in [0.4, 0.5) is 0 Å². The maximum Gasteiger partial charge on any atom is 0.0693 e. The number of aliphatic hydroxyl groups is 1. The highest BCUT2D eigenvalue weighted by atomic mass is 16.3. The molecule has 17 heavy (non-hydrogen) atoms. The molecule has 0 aromatic heterocycles. The Morgan fingerprint density at radius 1 is 1.06 bits per heavy atom. The smallest absolute Gasteiger partial charge is 0.0693 e. The standard InChI is InChI=1S/C14H26N2O/c17-14-4-2-1-3-13(14)15-9-11-7-8-16(10-11)12-5-6-12/h11-15,17H,1-10H2/t11?,13-,14-/m1/s1. The molecule has 3 fully saturated rings. The molecule has 2 saturated carbocycles. The molecule has 0 aromatic carbocycles. The van der Waals surface area contributed by atoms with Crippen molar-refractivity contribution in [2.45, 2.75) is 63.1 Å². The molecule has 3 heteroatoms. The minimum Gasteiger partial charge on any atom is -0.392 e. The van der Waals surface area contributed by atoms with Crippen LogP contribution in [0.15, 0.2) is 0 Å². The zero-order chi connectivity index (χ0) is 11.7. The number of likely N-dealkylation sites (tertiary alicyclic amines) is 1. The van der Waals surface area contributed by atoms with Gasteiger partial charge in [-0.05, 0) is 51.1 Å². The fourth-order valence-electron chi connectivity index (χ4n) is 3.47. The summed E-state index contributed by atoms with van der Waals surface area (Å²) in [5, 5.41) is 13.5. The van der Waals surface area contributed by atoms with Gasteiger partial charge in [-0.15, -0.1) is 0 Å². The second kappa shape index (κ2) is 5.25. The third-order valence-electron chi connectivity index (χ3n) is 4.78. The van der Waals surface area contributed by atoms with Crippen LogP contribution in [0.1, 0.15) is 44.9 Å². The lowest BCUT2D eigenvalue weighted by Crippen LogP contribution is -2.44. The number of hydrogen-bond donors (Lipinski definition) is 2. The summed E-state index contributed by atoms with van der Waals surface area (Å²) in [5.41, 5.74) is 0. The Balaban J connectivity index is 1.39. The largest absolute Gasteiger partial charge is 0.392 e. The van der Waals surface area contributed by atoms with E-state index in [1.165, 1.54) is 51.6 Å². The van der Waals surface area contributed by atoms with Crippen LogP contribution in [0.2, 0.25) is 0 Å². The molecule has 98 valence electrons. The first-order chi connectivity index (χ1) is 8.33. The lowest BCUT2D eigenvalue weighted by Gasteiger charge is -2.29. The second-order valence-corrected chi connectivity index (χ2v) is 6.25. The molecular formula is C14H26N2O. The minimum absolute atomic E-state index is 0.0929. The topological polar surface area (TPSA) is 35.5 Å². The Labute approximate surface area is 105 Å². The lowest BCUT2D eigenvalue weighted by molar-refractivity contribution is 0.0889. The molecule has 2 aliphatic carbocycles. The maximum atomic E-state index is 9.92. The Morgan fingerprint density at radius 2 is 1.88 bits per heavy atom. The predicted octanol–water partition coefficient (Wildman–Crippen LogP) is 1.36. The van der Waals surface area contributed by atoms with Crippen molar-refractivity contribution in [2.24, 2.45) is 5.92 Å². The van der Waals surface area contributed by atoms with Gasteiger partial charge in [-0.1, -0.05) is 12.8 Å². The van der Waals surface area contributed by atoms with Crippen molar-refractivity contribution < 1.29 is 5.11 Å². The Morgan fingerprint density at radius 3 is 2.65 bits per heavy atom. The van der Waals surface area contributed by atoms with E-state index in [2.05, 4.69) is 10.2 Å². The zero-order valence-corrected chi connectivity index (χ0v) is 10.8. The number of aliphatic hydroxyl groups excluding tert-OH is 1. The van der Waals surface area contributed by atoms with Crippen LogP contribution in [-0.4, -0.2) is 47.8 Å². The SMILES string of the molecule is O[C@@H]1CCCC[C@H]1NCC1CCN(C2CC2)C1. The van der Waals surface area contributed by atoms with E-state index < -0.39 is 0 Å². The van der Waals surface area contributed by atoms with Crippen LogP contribution < -0.4 is 5.32 Å². The highest BCUT2D eigenvalue weighted by molar-refractivity contribution is 4.90. The van der Waals surface area contributed by atoms with E-state index >= 15 is 0 Å². The summed E-state index contributed by atoms with van der Waals surface area (Å²) in [7, 11) is 0. The van der Waals surface area contributed by atoms with Crippen LogP contribution in [0, 0.1) is 5.92 Å². The number of hydrogen-bond acceptors (Lipinski definition) is 3. The molecule has 3 aliphatic rings. The fraction of sp³-hybridized carbons (Fsp3) is 1.00. The van der Waals surface area contributed by atoms with Crippen molar-refractivity contribution in [1.29, 1.82) is 0 Å². The summed E-state index contributed by atoms with van der Waals surface area (Å²) in [6.45, 7) is 3.72. The van der Waals surface area contributed by atoms with Crippen molar-refractivity contribution in [1.82, 2.24) is 10.2 Å². The van der Waals surface area contributed by atoms with E-state index in [4.69, 9.17) is 0 Å². The monoisotopic (exact) mass is 238 g/mol. The molecule has 3 atom stereocenters. The van der Waals surface area contributed by atoms with Gasteiger partial charge >= 0.3 is 0 Å². The van der Waals surface area contributed by atoms with Gasteiger partial charge in [-0.3, -0.25) is 0 Å². The summed E-state index contributed by atoms with van der Waals surface area (Å²) >= 11 is 0. The summed E-state index contributed by atoms with van der Waals surface area (Å²) < 4.78 is 0. The Bertz CT molecular complexity index is 255. The van der Waals surface area contributed by atoms with Gasteiger partial charge in [0.25, 0.3) is 0 Å². The molecule has 0 bridgehead atoms. The number of nitrogens with zero attached hydrogens (tertiary/aromatic N) is 1. The number of rotatable bonds is 4. The van der Waals surface area contributed by atoms with E-state index in [0.29, 0.717) is 6.04 Å². The van der Waals surface area contributed by atoms with Crippen LogP contribution >= 0.6 is 0 Å². The van der Waals surface area contributed by atoms with Gasteiger partial charge in [0.1, 0.15) is 0 Å². The highest BCUT2D eigenvalue weighted by Gasteiger charge is 2.34. The molecule has 1 heterocycles. The summed E-state index contributed by atoms with van der Waals surface area (Å²) in [6, 6.07) is 1.30. The molecule has 1 saturated heterocycles. The van der Waals surface area contributed by atoms with E-state index in [-0.39, 0.29) is 6.10 Å². The number of nitrogens with one attached hydrogen (secondary N) is 1. The van der Waals surface area contributed by atoms with Gasteiger partial charge in [0, 0.05) is 18.6 Å². The molecular weight excluding hydrogens is 212 g/mol. The molecule has 0 amide bonds. The maximum absolute atomic E-state index is 9.92. The van der Waals surface area contributed by atoms with Crippen LogP contribution in [0.5, 0.6) is 0 Å². The van der Waals surface area contributed by atoms with Crippen LogP contribution in [0.3, 0.4) is 0 Å². The summed E-state index contributed by atoms with van der Waals surface area (Å²) in [5.74, 6) is 0.824. The van der Waals surface area contributed by atoms with Crippen LogP contribution in [0.25, 0.3) is 0 Å². The van der Waals surface area contributed by atoms with Crippen molar-refractivity contribution in [3.8, 4) is 0 Å². The van der Waals surface area contributed by atoms with Gasteiger partial charge in [0.15, 0.2) is 0 Å². The summed E-state index contributed by atoms with van der Waals surface area (Å²) in [6.07, 6.45) is 8.78. The van der Waals surface area contributed by atoms with Gasteiger partial charge in [0.2, 0.25) is 0 Å². The van der Waals surface area contributed by atoms with Gasteiger partial charge < -0.3 is 15.3 Å². The van der Waals surface area contributed by atoms with Crippen LogP contribution in [-0.2, 0) is 0 Å². The first-order valence-corrected chi connectivity index (χ1v) is 7.48. The highest BCUT2D eigenvalue weighted by Crippen LogP contribution is 2.31. The van der Waals surface area contributed by atoms with Crippen molar-refractivity contribution in [3.63, 3.8) is 0 Å². The molecule has 3 nitrogen and oxygen atoms in total. The normalized spacial score (nSPS) is 39.7. The van der Waals surface area contributed by atoms with E-state index in [9.17, 15) is 5.11 Å². The quantitative estimate of drug-likeness (QED) is 0.776. The second-order valence-electron chi connectivity index (χ2n) is 6.25. The van der Waals surface area contributed by atoms with Crippen molar-refractivity contribution in [2.75, 3.05) is 19.6 Å². The van der Waals surface area contributed by atoms with Gasteiger partial charge in [-0.25, -0.2) is 0 Å². The molecule has 0 radical (unpaired) electrons. The lowest BCUT2D eigenvalue weighted by atomic mass is 9.92. The minimum atomic E-state index is -0.0929. The molecule has 2 N–H and O–H groups in total. The molecule has 3 rings (SSSR count). The molecule has 1 aliphatic heterocycles. The third-order valence-corrected chi connectivity index (χ3v) is 4.78. The van der Waals surface area contributed by atoms with Gasteiger partial charge in [0.05, 0.1) is 6.10 Å².